The van der Waals surface area contributed by atoms with Crippen molar-refractivity contribution >= 4 is 5.91 Å². The van der Waals surface area contributed by atoms with Crippen molar-refractivity contribution in [3.8, 4) is 0 Å². The molecule has 1 heterocycles. The molecule has 1 aromatic rings. The zero-order chi connectivity index (χ0) is 11.1. The predicted molar refractivity (Wildman–Crippen MR) is 55.0 cm³/mol. The predicted octanol–water partition coefficient (Wildman–Crippen LogP) is -0.00240. The van der Waals surface area contributed by atoms with Gasteiger partial charge in [-0.25, -0.2) is 0 Å². The van der Waals surface area contributed by atoms with Crippen molar-refractivity contribution in [1.82, 2.24) is 10.6 Å². The largest absolute Gasteiger partial charge is 0.462 e. The van der Waals surface area contributed by atoms with Gasteiger partial charge in [0.05, 0.1) is 6.54 Å². The highest BCUT2D eigenvalue weighted by atomic mass is 16.4. The maximum Gasteiger partial charge on any atom is 0.221 e. The summed E-state index contributed by atoms with van der Waals surface area (Å²) in [7, 11) is 1.61. The van der Waals surface area contributed by atoms with Crippen molar-refractivity contribution in [3.63, 3.8) is 0 Å². The van der Waals surface area contributed by atoms with E-state index in [1.54, 1.807) is 19.2 Å². The molecule has 0 radical (unpaired) electrons. The molecule has 3 N–H and O–H groups in total. The molecule has 0 aliphatic rings. The summed E-state index contributed by atoms with van der Waals surface area (Å²) in [5.41, 5.74) is 0. The number of hydrogen-bond acceptors (Lipinski definition) is 4. The molecule has 0 fully saturated rings. The number of rotatable bonds is 6. The highest BCUT2D eigenvalue weighted by Gasteiger charge is 2.01. The number of carbonyl (C=O) groups excluding carboxylic acids is 1. The number of furan rings is 1. The fourth-order valence-corrected chi connectivity index (χ4v) is 1.14. The van der Waals surface area contributed by atoms with Crippen LogP contribution in [0.2, 0.25) is 0 Å². The number of carbonyl (C=O) groups is 1. The van der Waals surface area contributed by atoms with Gasteiger partial charge < -0.3 is 20.2 Å². The number of amides is 1. The standard InChI is InChI=1S/C10H16N2O3/c1-11-10(14)4-5-12-6-8-2-3-9(7-13)15-8/h2-3,12-13H,4-7H2,1H3,(H,11,14). The van der Waals surface area contributed by atoms with E-state index in [-0.39, 0.29) is 12.5 Å². The van der Waals surface area contributed by atoms with E-state index in [4.69, 9.17) is 9.52 Å². The van der Waals surface area contributed by atoms with Gasteiger partial charge in [-0.1, -0.05) is 0 Å². The van der Waals surface area contributed by atoms with Crippen LogP contribution in [0, 0.1) is 0 Å². The molecular formula is C10H16N2O3. The molecule has 0 saturated heterocycles. The molecule has 0 aliphatic heterocycles. The molecule has 1 amide bonds. The molecule has 0 saturated carbocycles. The first-order valence-corrected chi connectivity index (χ1v) is 4.86. The van der Waals surface area contributed by atoms with Gasteiger partial charge in [0.1, 0.15) is 18.1 Å². The van der Waals surface area contributed by atoms with E-state index < -0.39 is 0 Å². The Labute approximate surface area is 88.5 Å². The van der Waals surface area contributed by atoms with Gasteiger partial charge in [-0.2, -0.15) is 0 Å². The number of nitrogens with one attached hydrogen (secondary N) is 2. The third-order valence-corrected chi connectivity index (χ3v) is 1.98. The topological polar surface area (TPSA) is 74.5 Å². The third kappa shape index (κ3) is 4.14. The van der Waals surface area contributed by atoms with Gasteiger partial charge in [-0.3, -0.25) is 4.79 Å². The highest BCUT2D eigenvalue weighted by molar-refractivity contribution is 5.75. The molecule has 0 aliphatic carbocycles. The van der Waals surface area contributed by atoms with Gasteiger partial charge in [0, 0.05) is 20.0 Å². The third-order valence-electron chi connectivity index (χ3n) is 1.98. The fraction of sp³-hybridized carbons (Fsp3) is 0.500. The average molecular weight is 212 g/mol. The van der Waals surface area contributed by atoms with Gasteiger partial charge in [0.25, 0.3) is 0 Å². The Balaban J connectivity index is 2.17. The Morgan fingerprint density at radius 2 is 2.20 bits per heavy atom. The van der Waals surface area contributed by atoms with E-state index in [1.165, 1.54) is 0 Å². The van der Waals surface area contributed by atoms with E-state index in [2.05, 4.69) is 10.6 Å². The zero-order valence-electron chi connectivity index (χ0n) is 8.75. The summed E-state index contributed by atoms with van der Waals surface area (Å²) in [6.45, 7) is 1.09. The Kier molecular flexibility index (Phi) is 4.86. The number of hydrogen-bond donors (Lipinski definition) is 3. The van der Waals surface area contributed by atoms with E-state index in [0.29, 0.717) is 25.3 Å². The molecule has 5 nitrogen and oxygen atoms in total. The molecular weight excluding hydrogens is 196 g/mol. The van der Waals surface area contributed by atoms with Crippen LogP contribution in [0.3, 0.4) is 0 Å². The van der Waals surface area contributed by atoms with Crippen molar-refractivity contribution in [1.29, 1.82) is 0 Å². The van der Waals surface area contributed by atoms with E-state index in [9.17, 15) is 4.79 Å². The fourth-order valence-electron chi connectivity index (χ4n) is 1.14. The summed E-state index contributed by atoms with van der Waals surface area (Å²) in [6.07, 6.45) is 0.448. The second-order valence-corrected chi connectivity index (χ2v) is 3.13. The molecule has 0 atom stereocenters. The van der Waals surface area contributed by atoms with Crippen LogP contribution in [0.15, 0.2) is 16.5 Å². The van der Waals surface area contributed by atoms with Crippen LogP contribution < -0.4 is 10.6 Å². The van der Waals surface area contributed by atoms with E-state index in [0.717, 1.165) is 5.76 Å². The van der Waals surface area contributed by atoms with Crippen LogP contribution in [0.5, 0.6) is 0 Å². The maximum absolute atomic E-state index is 10.9. The molecule has 0 aromatic carbocycles. The minimum atomic E-state index is -0.0851. The molecule has 5 heteroatoms. The quantitative estimate of drug-likeness (QED) is 0.580. The lowest BCUT2D eigenvalue weighted by Gasteiger charge is -2.01. The van der Waals surface area contributed by atoms with Crippen molar-refractivity contribution in [3.05, 3.63) is 23.7 Å². The summed E-state index contributed by atoms with van der Waals surface area (Å²) in [5, 5.41) is 14.4. The normalized spacial score (nSPS) is 10.3. The van der Waals surface area contributed by atoms with Crippen LogP contribution in [0.1, 0.15) is 17.9 Å². The van der Waals surface area contributed by atoms with E-state index >= 15 is 0 Å². The van der Waals surface area contributed by atoms with Gasteiger partial charge >= 0.3 is 0 Å². The van der Waals surface area contributed by atoms with E-state index in [1.807, 2.05) is 0 Å². The van der Waals surface area contributed by atoms with Gasteiger partial charge in [-0.05, 0) is 12.1 Å². The SMILES string of the molecule is CNC(=O)CCNCc1ccc(CO)o1. The summed E-state index contributed by atoms with van der Waals surface area (Å²) in [5.74, 6) is 1.33. The minimum absolute atomic E-state index is 0.0120. The molecule has 0 unspecified atom stereocenters. The van der Waals surface area contributed by atoms with Crippen LogP contribution >= 0.6 is 0 Å². The highest BCUT2D eigenvalue weighted by Crippen LogP contribution is 2.06. The second-order valence-electron chi connectivity index (χ2n) is 3.13. The van der Waals surface area contributed by atoms with Gasteiger partial charge in [0.15, 0.2) is 0 Å². The summed E-state index contributed by atoms with van der Waals surface area (Å²) < 4.78 is 5.25. The first-order chi connectivity index (χ1) is 7.26. The van der Waals surface area contributed by atoms with Gasteiger partial charge in [-0.15, -0.1) is 0 Å². The van der Waals surface area contributed by atoms with Gasteiger partial charge in [0.2, 0.25) is 5.91 Å². The smallest absolute Gasteiger partial charge is 0.221 e. The molecule has 0 bridgehead atoms. The van der Waals surface area contributed by atoms with Crippen molar-refractivity contribution in [2.24, 2.45) is 0 Å². The van der Waals surface area contributed by atoms with Crippen LogP contribution in [0.4, 0.5) is 0 Å². The molecule has 84 valence electrons. The zero-order valence-corrected chi connectivity index (χ0v) is 8.75. The monoisotopic (exact) mass is 212 g/mol. The molecule has 1 rings (SSSR count). The Morgan fingerprint density at radius 1 is 1.47 bits per heavy atom. The minimum Gasteiger partial charge on any atom is -0.462 e. The van der Waals surface area contributed by atoms with Crippen LogP contribution in [-0.4, -0.2) is 24.6 Å². The second kappa shape index (κ2) is 6.21. The molecule has 15 heavy (non-hydrogen) atoms. The number of aliphatic hydroxyl groups is 1. The maximum atomic E-state index is 10.9. The first-order valence-electron chi connectivity index (χ1n) is 4.86. The molecule has 0 spiro atoms. The summed E-state index contributed by atoms with van der Waals surface area (Å²) in [4.78, 5) is 10.9. The Morgan fingerprint density at radius 3 is 2.80 bits per heavy atom. The first kappa shape index (κ1) is 11.7. The summed E-state index contributed by atoms with van der Waals surface area (Å²) in [6, 6.07) is 3.54. The lowest BCUT2D eigenvalue weighted by atomic mass is 10.4. The van der Waals surface area contributed by atoms with Crippen molar-refractivity contribution in [2.45, 2.75) is 19.6 Å². The lowest BCUT2D eigenvalue weighted by molar-refractivity contribution is -0.120. The van der Waals surface area contributed by atoms with Crippen LogP contribution in [0.25, 0.3) is 0 Å². The number of aliphatic hydroxyl groups excluding tert-OH is 1. The lowest BCUT2D eigenvalue weighted by Crippen LogP contribution is -2.24. The van der Waals surface area contributed by atoms with Crippen LogP contribution in [-0.2, 0) is 17.9 Å². The summed E-state index contributed by atoms with van der Waals surface area (Å²) >= 11 is 0. The Bertz CT molecular complexity index is 309. The molecule has 1 aromatic heterocycles. The van der Waals surface area contributed by atoms with Crippen molar-refractivity contribution < 1.29 is 14.3 Å². The average Bonchev–Trinajstić information content (AvgIpc) is 2.72. The Hall–Kier alpha value is -1.33. The van der Waals surface area contributed by atoms with Crippen molar-refractivity contribution in [2.75, 3.05) is 13.6 Å².